The van der Waals surface area contributed by atoms with Gasteiger partial charge in [-0.05, 0) is 49.1 Å². The zero-order valence-corrected chi connectivity index (χ0v) is 15.3. The van der Waals surface area contributed by atoms with E-state index in [2.05, 4.69) is 27.7 Å². The summed E-state index contributed by atoms with van der Waals surface area (Å²) >= 11 is 1.69. The first-order valence-corrected chi connectivity index (χ1v) is 9.12. The number of nitrogens with zero attached hydrogens (tertiary/aromatic N) is 1. The Morgan fingerprint density at radius 1 is 1.16 bits per heavy atom. The summed E-state index contributed by atoms with van der Waals surface area (Å²) in [7, 11) is 0. The predicted molar refractivity (Wildman–Crippen MR) is 102 cm³/mol. The van der Waals surface area contributed by atoms with Crippen LogP contribution in [0, 0.1) is 13.8 Å². The van der Waals surface area contributed by atoms with Gasteiger partial charge >= 0.3 is 0 Å². The first-order chi connectivity index (χ1) is 12.1. The van der Waals surface area contributed by atoms with Crippen LogP contribution in [-0.4, -0.2) is 17.4 Å². The van der Waals surface area contributed by atoms with Crippen LogP contribution < -0.4 is 5.32 Å². The molecule has 4 nitrogen and oxygen atoms in total. The smallest absolute Gasteiger partial charge is 0.238 e. The zero-order chi connectivity index (χ0) is 17.6. The lowest BCUT2D eigenvalue weighted by atomic mass is 10.1. The molecule has 0 aliphatic rings. The second-order valence-corrected chi connectivity index (χ2v) is 7.20. The van der Waals surface area contributed by atoms with E-state index in [1.54, 1.807) is 17.6 Å². The van der Waals surface area contributed by atoms with Crippen LogP contribution in [0.3, 0.4) is 0 Å². The number of aryl methyl sites for hydroxylation is 2. The molecule has 0 unspecified atom stereocenters. The molecule has 0 saturated carbocycles. The Morgan fingerprint density at radius 2 is 2.04 bits per heavy atom. The fourth-order valence-corrected chi connectivity index (χ4v) is 3.51. The van der Waals surface area contributed by atoms with Gasteiger partial charge in [0, 0.05) is 17.1 Å². The molecular formula is C20H22N2O2S. The summed E-state index contributed by atoms with van der Waals surface area (Å²) in [5.74, 6) is 0.839. The minimum atomic E-state index is -0.0185. The first-order valence-electron chi connectivity index (χ1n) is 8.24. The topological polar surface area (TPSA) is 45.5 Å². The molecule has 0 aliphatic carbocycles. The number of carbonyl (C=O) groups excluding carboxylic acids is 1. The van der Waals surface area contributed by atoms with E-state index in [-0.39, 0.29) is 5.91 Å². The minimum absolute atomic E-state index is 0.0185. The van der Waals surface area contributed by atoms with Crippen LogP contribution in [0.5, 0.6) is 0 Å². The highest BCUT2D eigenvalue weighted by atomic mass is 32.1. The van der Waals surface area contributed by atoms with Gasteiger partial charge in [-0.2, -0.15) is 0 Å². The SMILES string of the molecule is Cc1ccc(NC(=O)CN(Cc2ccco2)Cc2cccs2)c(C)c1. The van der Waals surface area contributed by atoms with Crippen LogP contribution in [0.15, 0.2) is 58.5 Å². The maximum absolute atomic E-state index is 12.5. The molecule has 1 aromatic carbocycles. The molecule has 25 heavy (non-hydrogen) atoms. The van der Waals surface area contributed by atoms with Gasteiger partial charge in [0.2, 0.25) is 5.91 Å². The lowest BCUT2D eigenvalue weighted by Crippen LogP contribution is -2.32. The van der Waals surface area contributed by atoms with E-state index in [4.69, 9.17) is 4.42 Å². The summed E-state index contributed by atoms with van der Waals surface area (Å²) in [6.45, 7) is 5.69. The lowest BCUT2D eigenvalue weighted by molar-refractivity contribution is -0.117. The molecule has 3 aromatic rings. The number of anilines is 1. The maximum Gasteiger partial charge on any atom is 0.238 e. The number of benzene rings is 1. The molecule has 3 rings (SSSR count). The van der Waals surface area contributed by atoms with Crippen molar-refractivity contribution in [2.24, 2.45) is 0 Å². The van der Waals surface area contributed by atoms with E-state index in [9.17, 15) is 4.79 Å². The van der Waals surface area contributed by atoms with Crippen LogP contribution in [0.1, 0.15) is 21.8 Å². The van der Waals surface area contributed by atoms with Crippen molar-refractivity contribution in [1.82, 2.24) is 4.90 Å². The number of rotatable bonds is 7. The van der Waals surface area contributed by atoms with Crippen molar-refractivity contribution in [1.29, 1.82) is 0 Å². The van der Waals surface area contributed by atoms with Crippen molar-refractivity contribution >= 4 is 22.9 Å². The lowest BCUT2D eigenvalue weighted by Gasteiger charge is -2.20. The van der Waals surface area contributed by atoms with Crippen molar-refractivity contribution < 1.29 is 9.21 Å². The number of hydrogen-bond donors (Lipinski definition) is 1. The molecular weight excluding hydrogens is 332 g/mol. The Labute approximate surface area is 152 Å². The zero-order valence-electron chi connectivity index (χ0n) is 14.5. The molecule has 0 radical (unpaired) electrons. The van der Waals surface area contributed by atoms with Crippen molar-refractivity contribution in [3.05, 3.63) is 75.9 Å². The predicted octanol–water partition coefficient (Wildman–Crippen LogP) is 4.60. The van der Waals surface area contributed by atoms with E-state index < -0.39 is 0 Å². The van der Waals surface area contributed by atoms with Gasteiger partial charge in [-0.15, -0.1) is 11.3 Å². The first kappa shape index (κ1) is 17.5. The summed E-state index contributed by atoms with van der Waals surface area (Å²) < 4.78 is 5.45. The van der Waals surface area contributed by atoms with Crippen LogP contribution in [0.4, 0.5) is 5.69 Å². The second kappa shape index (κ2) is 8.14. The summed E-state index contributed by atoms with van der Waals surface area (Å²) in [4.78, 5) is 15.9. The quantitative estimate of drug-likeness (QED) is 0.674. The van der Waals surface area contributed by atoms with Crippen LogP contribution >= 0.6 is 11.3 Å². The number of nitrogens with one attached hydrogen (secondary N) is 1. The molecule has 1 amide bonds. The second-order valence-electron chi connectivity index (χ2n) is 6.17. The maximum atomic E-state index is 12.5. The van der Waals surface area contributed by atoms with Crippen molar-refractivity contribution in [3.8, 4) is 0 Å². The number of amides is 1. The van der Waals surface area contributed by atoms with Gasteiger partial charge in [0.15, 0.2) is 0 Å². The highest BCUT2D eigenvalue weighted by Gasteiger charge is 2.15. The molecule has 130 valence electrons. The average Bonchev–Trinajstić information content (AvgIpc) is 3.24. The monoisotopic (exact) mass is 354 g/mol. The Balaban J connectivity index is 1.66. The van der Waals surface area contributed by atoms with E-state index >= 15 is 0 Å². The minimum Gasteiger partial charge on any atom is -0.468 e. The third-order valence-corrected chi connectivity index (χ3v) is 4.80. The highest BCUT2D eigenvalue weighted by molar-refractivity contribution is 7.09. The fraction of sp³-hybridized carbons (Fsp3) is 0.250. The summed E-state index contributed by atoms with van der Waals surface area (Å²) in [5, 5.41) is 5.07. The Kier molecular flexibility index (Phi) is 5.68. The summed E-state index contributed by atoms with van der Waals surface area (Å²) in [6.07, 6.45) is 1.66. The van der Waals surface area contributed by atoms with Gasteiger partial charge in [-0.25, -0.2) is 0 Å². The molecule has 5 heteroatoms. The molecule has 0 atom stereocenters. The number of hydrogen-bond acceptors (Lipinski definition) is 4. The van der Waals surface area contributed by atoms with Gasteiger partial charge in [0.25, 0.3) is 0 Å². The van der Waals surface area contributed by atoms with Crippen molar-refractivity contribution in [2.75, 3.05) is 11.9 Å². The molecule has 2 heterocycles. The molecule has 2 aromatic heterocycles. The van der Waals surface area contributed by atoms with Crippen LogP contribution in [0.2, 0.25) is 0 Å². The van der Waals surface area contributed by atoms with Crippen LogP contribution in [0.25, 0.3) is 0 Å². The third kappa shape index (κ3) is 5.05. The number of furan rings is 1. The molecule has 0 saturated heterocycles. The summed E-state index contributed by atoms with van der Waals surface area (Å²) in [5.41, 5.74) is 3.13. The van der Waals surface area contributed by atoms with Gasteiger partial charge in [0.1, 0.15) is 5.76 Å². The fourth-order valence-electron chi connectivity index (χ4n) is 2.76. The van der Waals surface area contributed by atoms with Gasteiger partial charge < -0.3 is 9.73 Å². The average molecular weight is 354 g/mol. The third-order valence-electron chi connectivity index (χ3n) is 3.94. The Morgan fingerprint density at radius 3 is 2.72 bits per heavy atom. The molecule has 0 bridgehead atoms. The molecule has 0 spiro atoms. The van der Waals surface area contributed by atoms with Crippen molar-refractivity contribution in [2.45, 2.75) is 26.9 Å². The number of carbonyl (C=O) groups is 1. The Hall–Kier alpha value is -2.37. The van der Waals surface area contributed by atoms with Crippen molar-refractivity contribution in [3.63, 3.8) is 0 Å². The molecule has 0 aliphatic heterocycles. The van der Waals surface area contributed by atoms with E-state index in [1.807, 2.05) is 44.2 Å². The van der Waals surface area contributed by atoms with E-state index in [1.165, 1.54) is 10.4 Å². The van der Waals surface area contributed by atoms with Gasteiger partial charge in [0.05, 0.1) is 19.4 Å². The van der Waals surface area contributed by atoms with Gasteiger partial charge in [-0.3, -0.25) is 9.69 Å². The number of thiophene rings is 1. The standard InChI is InChI=1S/C20H22N2O2S/c1-15-7-8-19(16(2)11-15)21-20(23)14-22(12-17-5-3-9-24-17)13-18-6-4-10-25-18/h3-11H,12-14H2,1-2H3,(H,21,23). The molecule has 0 fully saturated rings. The van der Waals surface area contributed by atoms with Gasteiger partial charge in [-0.1, -0.05) is 23.8 Å². The van der Waals surface area contributed by atoms with E-state index in [0.29, 0.717) is 13.1 Å². The largest absolute Gasteiger partial charge is 0.468 e. The normalized spacial score (nSPS) is 11.0. The van der Waals surface area contributed by atoms with E-state index in [0.717, 1.165) is 23.6 Å². The Bertz CT molecular complexity index is 774. The van der Waals surface area contributed by atoms with Crippen LogP contribution in [-0.2, 0) is 17.9 Å². The molecule has 1 N–H and O–H groups in total. The summed E-state index contributed by atoms with van der Waals surface area (Å²) in [6, 6.07) is 14.0. The highest BCUT2D eigenvalue weighted by Crippen LogP contribution is 2.17.